The summed E-state index contributed by atoms with van der Waals surface area (Å²) in [6.07, 6.45) is 4.64. The van der Waals surface area contributed by atoms with Crippen molar-refractivity contribution >= 4 is 15.9 Å². The number of hydrogen-bond acceptors (Lipinski definition) is 3. The van der Waals surface area contributed by atoms with Gasteiger partial charge in [0.2, 0.25) is 0 Å². The van der Waals surface area contributed by atoms with Crippen molar-refractivity contribution in [2.75, 3.05) is 6.54 Å². The van der Waals surface area contributed by atoms with Crippen molar-refractivity contribution in [1.82, 2.24) is 5.32 Å². The van der Waals surface area contributed by atoms with Gasteiger partial charge in [0.05, 0.1) is 12.5 Å². The van der Waals surface area contributed by atoms with E-state index < -0.39 is 0 Å². The van der Waals surface area contributed by atoms with E-state index in [4.69, 9.17) is 9.15 Å². The molecular weight excluding hydrogens is 294 g/mol. The van der Waals surface area contributed by atoms with E-state index in [1.807, 2.05) is 18.2 Å². The van der Waals surface area contributed by atoms with E-state index in [9.17, 15) is 0 Å². The summed E-state index contributed by atoms with van der Waals surface area (Å²) in [5, 5.41) is 3.38. The molecule has 18 heavy (non-hydrogen) atoms. The second-order valence-corrected chi connectivity index (χ2v) is 5.37. The number of nitrogens with one attached hydrogen (secondary N) is 1. The molecular formula is C14H14BrNO2. The minimum atomic E-state index is 0.223. The largest absolute Gasteiger partial charge is 0.488 e. The molecule has 1 atom stereocenters. The molecule has 94 valence electrons. The molecule has 3 rings (SSSR count). The fraction of sp³-hybridized carbons (Fsp3) is 0.286. The van der Waals surface area contributed by atoms with Crippen molar-refractivity contribution in [2.45, 2.75) is 19.1 Å². The summed E-state index contributed by atoms with van der Waals surface area (Å²) in [4.78, 5) is 0. The summed E-state index contributed by atoms with van der Waals surface area (Å²) < 4.78 is 12.0. The van der Waals surface area contributed by atoms with Crippen molar-refractivity contribution in [1.29, 1.82) is 0 Å². The van der Waals surface area contributed by atoms with Crippen LogP contribution in [0.15, 0.2) is 45.7 Å². The Hall–Kier alpha value is -1.26. The van der Waals surface area contributed by atoms with Crippen molar-refractivity contribution in [3.05, 3.63) is 52.4 Å². The molecule has 1 unspecified atom stereocenters. The predicted octanol–water partition coefficient (Wildman–Crippen LogP) is 3.14. The number of ether oxygens (including phenoxy) is 1. The topological polar surface area (TPSA) is 34.4 Å². The lowest BCUT2D eigenvalue weighted by molar-refractivity contribution is 0.227. The van der Waals surface area contributed by atoms with Crippen LogP contribution in [0, 0.1) is 0 Å². The second-order valence-electron chi connectivity index (χ2n) is 4.46. The van der Waals surface area contributed by atoms with E-state index in [-0.39, 0.29) is 6.10 Å². The van der Waals surface area contributed by atoms with Crippen molar-refractivity contribution < 1.29 is 9.15 Å². The minimum Gasteiger partial charge on any atom is -0.488 e. The Morgan fingerprint density at radius 3 is 3.11 bits per heavy atom. The molecule has 4 heteroatoms. The van der Waals surface area contributed by atoms with Crippen LogP contribution >= 0.6 is 15.9 Å². The highest BCUT2D eigenvalue weighted by molar-refractivity contribution is 9.10. The van der Waals surface area contributed by atoms with Crippen LogP contribution in [0.25, 0.3) is 0 Å². The van der Waals surface area contributed by atoms with Gasteiger partial charge in [0.1, 0.15) is 11.9 Å². The molecule has 1 aromatic carbocycles. The van der Waals surface area contributed by atoms with Crippen LogP contribution in [-0.4, -0.2) is 12.6 Å². The van der Waals surface area contributed by atoms with Gasteiger partial charge in [-0.3, -0.25) is 0 Å². The van der Waals surface area contributed by atoms with Gasteiger partial charge < -0.3 is 14.5 Å². The van der Waals surface area contributed by atoms with E-state index in [1.165, 1.54) is 5.56 Å². The van der Waals surface area contributed by atoms with Crippen LogP contribution in [0.3, 0.4) is 0 Å². The van der Waals surface area contributed by atoms with E-state index in [1.54, 1.807) is 12.5 Å². The maximum absolute atomic E-state index is 5.87. The van der Waals surface area contributed by atoms with Crippen LogP contribution in [0.4, 0.5) is 0 Å². The smallest absolute Gasteiger partial charge is 0.123 e. The molecule has 1 aliphatic heterocycles. The number of hydrogen-bond donors (Lipinski definition) is 1. The number of fused-ring (bicyclic) bond motifs is 1. The third kappa shape index (κ3) is 2.60. The molecule has 0 fully saturated rings. The normalized spacial score (nSPS) is 17.5. The molecule has 2 heterocycles. The van der Waals surface area contributed by atoms with E-state index in [0.29, 0.717) is 0 Å². The fourth-order valence-corrected chi connectivity index (χ4v) is 2.58. The van der Waals surface area contributed by atoms with Gasteiger partial charge >= 0.3 is 0 Å². The first-order valence-corrected chi connectivity index (χ1v) is 6.77. The zero-order valence-corrected chi connectivity index (χ0v) is 11.4. The molecule has 1 aliphatic rings. The van der Waals surface area contributed by atoms with Crippen molar-refractivity contribution in [2.24, 2.45) is 0 Å². The lowest BCUT2D eigenvalue weighted by atomic mass is 10.1. The third-order valence-corrected chi connectivity index (χ3v) is 3.54. The summed E-state index contributed by atoms with van der Waals surface area (Å²) >= 11 is 3.48. The average molecular weight is 308 g/mol. The summed E-state index contributed by atoms with van der Waals surface area (Å²) in [6.45, 7) is 1.66. The number of benzene rings is 1. The van der Waals surface area contributed by atoms with E-state index >= 15 is 0 Å². The number of halogens is 1. The van der Waals surface area contributed by atoms with Crippen molar-refractivity contribution in [3.63, 3.8) is 0 Å². The molecule has 0 saturated carbocycles. The first kappa shape index (κ1) is 11.8. The van der Waals surface area contributed by atoms with Gasteiger partial charge in [0.15, 0.2) is 0 Å². The molecule has 1 aromatic heterocycles. The summed E-state index contributed by atoms with van der Waals surface area (Å²) in [5.41, 5.74) is 2.44. The third-order valence-electron chi connectivity index (χ3n) is 3.04. The maximum Gasteiger partial charge on any atom is 0.123 e. The standard InChI is InChI=1S/C14H14BrNO2/c15-12-1-2-14-11(5-12)6-13(18-14)8-16-7-10-3-4-17-9-10/h1-5,9,13,16H,6-8H2. The fourth-order valence-electron chi connectivity index (χ4n) is 2.17. The molecule has 0 spiro atoms. The molecule has 2 aromatic rings. The maximum atomic E-state index is 5.87. The molecule has 0 aliphatic carbocycles. The highest BCUT2D eigenvalue weighted by atomic mass is 79.9. The SMILES string of the molecule is Brc1ccc2c(c1)CC(CNCc1ccoc1)O2. The van der Waals surface area contributed by atoms with Gasteiger partial charge in [-0.1, -0.05) is 15.9 Å². The van der Waals surface area contributed by atoms with Gasteiger partial charge in [-0.15, -0.1) is 0 Å². The van der Waals surface area contributed by atoms with Crippen LogP contribution in [-0.2, 0) is 13.0 Å². The average Bonchev–Trinajstić information content (AvgIpc) is 2.97. The van der Waals surface area contributed by atoms with Gasteiger partial charge in [0, 0.05) is 29.5 Å². The highest BCUT2D eigenvalue weighted by Crippen LogP contribution is 2.30. The molecule has 0 bridgehead atoms. The molecule has 0 saturated heterocycles. The monoisotopic (exact) mass is 307 g/mol. The first-order chi connectivity index (χ1) is 8.81. The predicted molar refractivity (Wildman–Crippen MR) is 72.7 cm³/mol. The molecule has 1 N–H and O–H groups in total. The van der Waals surface area contributed by atoms with Crippen molar-refractivity contribution in [3.8, 4) is 5.75 Å². The Labute approximate surface area is 114 Å². The van der Waals surface area contributed by atoms with Crippen LogP contribution < -0.4 is 10.1 Å². The molecule has 0 amide bonds. The Morgan fingerprint density at radius 2 is 2.28 bits per heavy atom. The summed E-state index contributed by atoms with van der Waals surface area (Å²) in [5.74, 6) is 1.01. The minimum absolute atomic E-state index is 0.223. The first-order valence-electron chi connectivity index (χ1n) is 5.98. The van der Waals surface area contributed by atoms with E-state index in [0.717, 1.165) is 35.3 Å². The summed E-state index contributed by atoms with van der Waals surface area (Å²) in [6, 6.07) is 8.13. The van der Waals surface area contributed by atoms with E-state index in [2.05, 4.69) is 27.3 Å². The second kappa shape index (κ2) is 5.16. The lowest BCUT2D eigenvalue weighted by Gasteiger charge is -2.11. The molecule has 3 nitrogen and oxygen atoms in total. The van der Waals surface area contributed by atoms with Crippen LogP contribution in [0.2, 0.25) is 0 Å². The Morgan fingerprint density at radius 1 is 1.33 bits per heavy atom. The molecule has 0 radical (unpaired) electrons. The van der Waals surface area contributed by atoms with Gasteiger partial charge in [-0.25, -0.2) is 0 Å². The number of furan rings is 1. The zero-order chi connectivity index (χ0) is 12.4. The van der Waals surface area contributed by atoms with Crippen LogP contribution in [0.1, 0.15) is 11.1 Å². The van der Waals surface area contributed by atoms with Gasteiger partial charge in [-0.05, 0) is 29.8 Å². The summed E-state index contributed by atoms with van der Waals surface area (Å²) in [7, 11) is 0. The zero-order valence-electron chi connectivity index (χ0n) is 9.86. The number of rotatable bonds is 4. The Balaban J connectivity index is 1.52. The Kier molecular flexibility index (Phi) is 3.39. The van der Waals surface area contributed by atoms with Crippen LogP contribution in [0.5, 0.6) is 5.75 Å². The van der Waals surface area contributed by atoms with Gasteiger partial charge in [0.25, 0.3) is 0 Å². The van der Waals surface area contributed by atoms with Gasteiger partial charge in [-0.2, -0.15) is 0 Å². The quantitative estimate of drug-likeness (QED) is 0.942. The highest BCUT2D eigenvalue weighted by Gasteiger charge is 2.22. The Bertz CT molecular complexity index is 525. The lowest BCUT2D eigenvalue weighted by Crippen LogP contribution is -2.29.